The summed E-state index contributed by atoms with van der Waals surface area (Å²) in [5.74, 6) is 0.630. The van der Waals surface area contributed by atoms with Crippen molar-refractivity contribution in [2.45, 2.75) is 19.4 Å². The fourth-order valence-corrected chi connectivity index (χ4v) is 2.04. The summed E-state index contributed by atoms with van der Waals surface area (Å²) in [5, 5.41) is 3.35. The van der Waals surface area contributed by atoms with E-state index in [0.29, 0.717) is 11.5 Å². The first kappa shape index (κ1) is 13.4. The van der Waals surface area contributed by atoms with Crippen LogP contribution in [0.4, 0.5) is 5.82 Å². The van der Waals surface area contributed by atoms with Crippen molar-refractivity contribution in [2.24, 2.45) is 5.73 Å². The SMILES string of the molecule is CCC(Nc1nccnc1C(N)=S)c1ccccc1. The van der Waals surface area contributed by atoms with Crippen LogP contribution in [0.15, 0.2) is 42.7 Å². The molecule has 98 valence electrons. The lowest BCUT2D eigenvalue weighted by molar-refractivity contribution is 0.743. The maximum atomic E-state index is 5.66. The van der Waals surface area contributed by atoms with Crippen LogP contribution in [0.3, 0.4) is 0 Å². The van der Waals surface area contributed by atoms with Crippen molar-refractivity contribution in [3.63, 3.8) is 0 Å². The second kappa shape index (κ2) is 6.24. The van der Waals surface area contributed by atoms with Crippen molar-refractivity contribution < 1.29 is 0 Å². The number of thiocarbonyl (C=S) groups is 1. The third-order valence-electron chi connectivity index (χ3n) is 2.85. The first-order chi connectivity index (χ1) is 9.22. The Morgan fingerprint density at radius 1 is 1.26 bits per heavy atom. The Balaban J connectivity index is 2.27. The quantitative estimate of drug-likeness (QED) is 0.819. The van der Waals surface area contributed by atoms with Gasteiger partial charge in [0.1, 0.15) is 10.7 Å². The number of nitrogens with two attached hydrogens (primary N) is 1. The molecule has 1 heterocycles. The number of benzene rings is 1. The van der Waals surface area contributed by atoms with Crippen LogP contribution in [-0.2, 0) is 0 Å². The first-order valence-corrected chi connectivity index (χ1v) is 6.55. The van der Waals surface area contributed by atoms with Gasteiger partial charge in [0.05, 0.1) is 6.04 Å². The van der Waals surface area contributed by atoms with Gasteiger partial charge in [-0.05, 0) is 12.0 Å². The zero-order valence-electron chi connectivity index (χ0n) is 10.7. The highest BCUT2D eigenvalue weighted by atomic mass is 32.1. The monoisotopic (exact) mass is 272 g/mol. The highest BCUT2D eigenvalue weighted by molar-refractivity contribution is 7.80. The van der Waals surface area contributed by atoms with E-state index in [4.69, 9.17) is 18.0 Å². The molecule has 2 rings (SSSR count). The van der Waals surface area contributed by atoms with Gasteiger partial charge in [0.2, 0.25) is 0 Å². The Bertz CT molecular complexity index is 556. The van der Waals surface area contributed by atoms with Gasteiger partial charge < -0.3 is 11.1 Å². The Kier molecular flexibility index (Phi) is 4.41. The average molecular weight is 272 g/mol. The fourth-order valence-electron chi connectivity index (χ4n) is 1.90. The minimum absolute atomic E-state index is 0.158. The maximum absolute atomic E-state index is 5.66. The van der Waals surface area contributed by atoms with E-state index < -0.39 is 0 Å². The molecule has 0 amide bonds. The predicted molar refractivity (Wildman–Crippen MR) is 81.0 cm³/mol. The number of anilines is 1. The lowest BCUT2D eigenvalue weighted by atomic mass is 10.0. The maximum Gasteiger partial charge on any atom is 0.155 e. The summed E-state index contributed by atoms with van der Waals surface area (Å²) >= 11 is 4.99. The normalized spacial score (nSPS) is 11.8. The van der Waals surface area contributed by atoms with Crippen LogP contribution in [0, 0.1) is 0 Å². The van der Waals surface area contributed by atoms with Crippen molar-refractivity contribution in [3.8, 4) is 0 Å². The molecular weight excluding hydrogens is 256 g/mol. The highest BCUT2D eigenvalue weighted by Gasteiger charge is 2.13. The van der Waals surface area contributed by atoms with Crippen LogP contribution in [0.5, 0.6) is 0 Å². The van der Waals surface area contributed by atoms with Crippen molar-refractivity contribution in [1.82, 2.24) is 9.97 Å². The van der Waals surface area contributed by atoms with Crippen LogP contribution in [0.25, 0.3) is 0 Å². The van der Waals surface area contributed by atoms with Gasteiger partial charge in [0, 0.05) is 12.4 Å². The van der Waals surface area contributed by atoms with Gasteiger partial charge in [-0.2, -0.15) is 0 Å². The molecule has 0 saturated carbocycles. The van der Waals surface area contributed by atoms with Crippen molar-refractivity contribution in [2.75, 3.05) is 5.32 Å². The molecule has 1 atom stereocenters. The third-order valence-corrected chi connectivity index (χ3v) is 3.05. The van der Waals surface area contributed by atoms with Crippen LogP contribution in [0.1, 0.15) is 30.6 Å². The van der Waals surface area contributed by atoms with Gasteiger partial charge >= 0.3 is 0 Å². The minimum Gasteiger partial charge on any atom is -0.388 e. The topological polar surface area (TPSA) is 63.8 Å². The molecule has 2 aromatic rings. The van der Waals surface area contributed by atoms with E-state index in [9.17, 15) is 0 Å². The smallest absolute Gasteiger partial charge is 0.155 e. The zero-order valence-corrected chi connectivity index (χ0v) is 11.5. The molecule has 0 aliphatic carbocycles. The Morgan fingerprint density at radius 3 is 2.58 bits per heavy atom. The molecule has 5 heteroatoms. The summed E-state index contributed by atoms with van der Waals surface area (Å²) in [6.07, 6.45) is 4.14. The highest BCUT2D eigenvalue weighted by Crippen LogP contribution is 2.22. The van der Waals surface area contributed by atoms with E-state index in [2.05, 4.69) is 34.3 Å². The molecule has 0 saturated heterocycles. The summed E-state index contributed by atoms with van der Waals surface area (Å²) in [6, 6.07) is 10.4. The molecule has 0 spiro atoms. The Morgan fingerprint density at radius 2 is 1.95 bits per heavy atom. The van der Waals surface area contributed by atoms with Crippen LogP contribution < -0.4 is 11.1 Å². The van der Waals surface area contributed by atoms with Gasteiger partial charge in [-0.25, -0.2) is 9.97 Å². The molecule has 1 aromatic carbocycles. The van der Waals surface area contributed by atoms with Crippen LogP contribution in [0.2, 0.25) is 0 Å². The molecule has 0 aliphatic heterocycles. The van der Waals surface area contributed by atoms with Crippen molar-refractivity contribution in [3.05, 3.63) is 54.0 Å². The fraction of sp³-hybridized carbons (Fsp3) is 0.214. The molecular formula is C14H16N4S. The summed E-state index contributed by atoms with van der Waals surface area (Å²) in [7, 11) is 0. The second-order valence-corrected chi connectivity index (χ2v) is 4.57. The number of aromatic nitrogens is 2. The molecule has 3 N–H and O–H groups in total. The standard InChI is InChI=1S/C14H16N4S/c1-2-11(10-6-4-3-5-7-10)18-14-12(13(15)19)16-8-9-17-14/h3-9,11H,2H2,1H3,(H2,15,19)(H,17,18). The zero-order chi connectivity index (χ0) is 13.7. The van der Waals surface area contributed by atoms with Crippen molar-refractivity contribution >= 4 is 23.0 Å². The van der Waals surface area contributed by atoms with Gasteiger partial charge in [-0.3, -0.25) is 0 Å². The number of nitrogens with zero attached hydrogens (tertiary/aromatic N) is 2. The van der Waals surface area contributed by atoms with Gasteiger partial charge in [-0.1, -0.05) is 49.5 Å². The van der Waals surface area contributed by atoms with Crippen molar-refractivity contribution in [1.29, 1.82) is 0 Å². The van der Waals surface area contributed by atoms with E-state index in [0.717, 1.165) is 6.42 Å². The lowest BCUT2D eigenvalue weighted by Gasteiger charge is -2.19. The largest absolute Gasteiger partial charge is 0.388 e. The van der Waals surface area contributed by atoms with E-state index in [1.54, 1.807) is 12.4 Å². The summed E-state index contributed by atoms with van der Waals surface area (Å²) < 4.78 is 0. The Labute approximate surface area is 118 Å². The van der Waals surface area contributed by atoms with Gasteiger partial charge in [-0.15, -0.1) is 0 Å². The van der Waals surface area contributed by atoms with Crippen LogP contribution >= 0.6 is 12.2 Å². The molecule has 0 fully saturated rings. The minimum atomic E-state index is 0.158. The van der Waals surface area contributed by atoms with E-state index >= 15 is 0 Å². The Hall–Kier alpha value is -2.01. The molecule has 1 aromatic heterocycles. The van der Waals surface area contributed by atoms with E-state index in [-0.39, 0.29) is 11.0 Å². The molecule has 4 nitrogen and oxygen atoms in total. The number of nitrogens with one attached hydrogen (secondary N) is 1. The average Bonchev–Trinajstić information content (AvgIpc) is 2.46. The van der Waals surface area contributed by atoms with E-state index in [1.165, 1.54) is 5.56 Å². The second-order valence-electron chi connectivity index (χ2n) is 4.13. The predicted octanol–water partition coefficient (Wildman–Crippen LogP) is 2.67. The van der Waals surface area contributed by atoms with Gasteiger partial charge in [0.15, 0.2) is 5.82 Å². The molecule has 0 aliphatic rings. The third kappa shape index (κ3) is 3.26. The number of rotatable bonds is 5. The molecule has 0 radical (unpaired) electrons. The summed E-state index contributed by atoms with van der Waals surface area (Å²) in [4.78, 5) is 8.69. The number of hydrogen-bond acceptors (Lipinski definition) is 4. The summed E-state index contributed by atoms with van der Waals surface area (Å²) in [5.41, 5.74) is 7.39. The summed E-state index contributed by atoms with van der Waals surface area (Å²) in [6.45, 7) is 2.11. The van der Waals surface area contributed by atoms with Gasteiger partial charge in [0.25, 0.3) is 0 Å². The first-order valence-electron chi connectivity index (χ1n) is 6.14. The van der Waals surface area contributed by atoms with Crippen LogP contribution in [-0.4, -0.2) is 15.0 Å². The molecule has 19 heavy (non-hydrogen) atoms. The number of hydrogen-bond donors (Lipinski definition) is 2. The molecule has 1 unspecified atom stereocenters. The lowest BCUT2D eigenvalue weighted by Crippen LogP contribution is -2.18. The molecule has 0 bridgehead atoms. The van der Waals surface area contributed by atoms with E-state index in [1.807, 2.05) is 18.2 Å².